The zero-order valence-corrected chi connectivity index (χ0v) is 21.7. The van der Waals surface area contributed by atoms with E-state index in [9.17, 15) is 21.6 Å². The number of halogens is 3. The Labute approximate surface area is 220 Å². The zero-order chi connectivity index (χ0) is 27.1. The summed E-state index contributed by atoms with van der Waals surface area (Å²) in [6, 6.07) is 10.7. The Balaban J connectivity index is 1.41. The zero-order valence-electron chi connectivity index (χ0n) is 20.9. The van der Waals surface area contributed by atoms with E-state index in [1.807, 2.05) is 24.3 Å². The summed E-state index contributed by atoms with van der Waals surface area (Å²) in [5.74, 6) is 0.393. The quantitative estimate of drug-likeness (QED) is 0.332. The van der Waals surface area contributed by atoms with E-state index in [-0.39, 0.29) is 5.56 Å². The first-order valence-corrected chi connectivity index (χ1v) is 14.4. The second-order valence-corrected chi connectivity index (χ2v) is 11.9. The number of sulfonamides is 1. The van der Waals surface area contributed by atoms with Gasteiger partial charge in [-0.05, 0) is 80.3 Å². The molecule has 3 fully saturated rings. The maximum atomic E-state index is 13.8. The highest BCUT2D eigenvalue weighted by molar-refractivity contribution is 7.89. The van der Waals surface area contributed by atoms with Crippen molar-refractivity contribution < 1.29 is 21.6 Å². The normalized spacial score (nSPS) is 24.7. The van der Waals surface area contributed by atoms with E-state index in [4.69, 9.17) is 10.9 Å². The number of hydrogen-bond acceptors (Lipinski definition) is 8. The molecule has 0 bridgehead atoms. The molecule has 0 spiro atoms. The van der Waals surface area contributed by atoms with Crippen molar-refractivity contribution >= 4 is 10.0 Å². The summed E-state index contributed by atoms with van der Waals surface area (Å²) in [5.41, 5.74) is 17.2. The fourth-order valence-corrected chi connectivity index (χ4v) is 7.09. The van der Waals surface area contributed by atoms with Gasteiger partial charge < -0.3 is 10.6 Å². The molecule has 2 aromatic rings. The third kappa shape index (κ3) is 5.75. The molecule has 1 saturated carbocycles. The van der Waals surface area contributed by atoms with Crippen molar-refractivity contribution in [2.75, 3.05) is 13.1 Å². The van der Waals surface area contributed by atoms with Crippen molar-refractivity contribution in [1.82, 2.24) is 26.8 Å². The molecule has 9 nitrogen and oxygen atoms in total. The molecule has 2 aliphatic heterocycles. The summed E-state index contributed by atoms with van der Waals surface area (Å²) in [4.78, 5) is 1.63. The molecule has 2 heterocycles. The summed E-state index contributed by atoms with van der Waals surface area (Å²) in [5, 5.41) is 5.33. The average molecular weight is 554 g/mol. The highest BCUT2D eigenvalue weighted by Gasteiger charge is 2.40. The molecule has 2 aromatic carbocycles. The number of nitrogens with zero attached hydrogens (tertiary/aromatic N) is 1. The Morgan fingerprint density at radius 3 is 2.03 bits per heavy atom. The highest BCUT2D eigenvalue weighted by atomic mass is 32.2. The number of benzene rings is 2. The number of hydrogen-bond donors (Lipinski definition) is 6. The van der Waals surface area contributed by atoms with Gasteiger partial charge in [-0.1, -0.05) is 30.3 Å². The van der Waals surface area contributed by atoms with E-state index in [1.165, 1.54) is 11.6 Å². The van der Waals surface area contributed by atoms with E-state index >= 15 is 0 Å². The molecule has 2 saturated heterocycles. The van der Waals surface area contributed by atoms with Crippen LogP contribution in [0.2, 0.25) is 0 Å². The van der Waals surface area contributed by atoms with Crippen LogP contribution in [0.5, 0.6) is 0 Å². The highest BCUT2D eigenvalue weighted by Crippen LogP contribution is 2.42. The van der Waals surface area contributed by atoms with Crippen molar-refractivity contribution in [2.24, 2.45) is 10.9 Å². The Bertz CT molecular complexity index is 1230. The summed E-state index contributed by atoms with van der Waals surface area (Å²) in [6.07, 6.45) is 0.674. The van der Waals surface area contributed by atoms with Crippen molar-refractivity contribution in [3.05, 3.63) is 53.1 Å². The van der Waals surface area contributed by atoms with E-state index in [2.05, 4.69) is 26.8 Å². The summed E-state index contributed by atoms with van der Waals surface area (Å²) >= 11 is 0. The molecule has 0 radical (unpaired) electrons. The lowest BCUT2D eigenvalue weighted by Crippen LogP contribution is -2.44. The van der Waals surface area contributed by atoms with E-state index in [0.29, 0.717) is 29.1 Å². The number of hydrazine groups is 3. The standard InChI is InChI=1S/C25H34F3N7O2S/c26-25(27,28)21-10-9-20(22(23(21)38(30,36)37)24-31-33-34-32-24)17-3-1-15(2-4-17)16-11-13-35(14-12-16)19-7-5-18(29)6-8-19/h1-4,9-10,16,18-19,24,31-34H,5-8,11-14,29H2,(H2,30,36,37). The molecule has 38 heavy (non-hydrogen) atoms. The third-order valence-electron chi connectivity index (χ3n) is 8.05. The molecule has 0 aromatic heterocycles. The van der Waals surface area contributed by atoms with Crippen molar-refractivity contribution in [2.45, 2.75) is 73.8 Å². The second kappa shape index (κ2) is 10.8. The maximum absolute atomic E-state index is 13.8. The van der Waals surface area contributed by atoms with Gasteiger partial charge in [0.05, 0.1) is 5.56 Å². The predicted octanol–water partition coefficient (Wildman–Crippen LogP) is 2.58. The van der Waals surface area contributed by atoms with Crippen molar-refractivity contribution in [3.63, 3.8) is 0 Å². The lowest BCUT2D eigenvalue weighted by molar-refractivity contribution is -0.140. The van der Waals surface area contributed by atoms with E-state index in [0.717, 1.165) is 57.7 Å². The monoisotopic (exact) mass is 553 g/mol. The molecule has 13 heteroatoms. The van der Waals surface area contributed by atoms with Crippen molar-refractivity contribution in [1.29, 1.82) is 0 Å². The van der Waals surface area contributed by atoms with E-state index < -0.39 is 32.8 Å². The SMILES string of the molecule is NC1CCC(N2CCC(c3ccc(-c4ccc(C(F)(F)F)c(S(N)(=O)=O)c4C4NNNN4)cc3)CC2)CC1. The number of nitrogens with two attached hydrogens (primary N) is 2. The minimum Gasteiger partial charge on any atom is -0.328 e. The fraction of sp³-hybridized carbons (Fsp3) is 0.520. The minimum absolute atomic E-state index is 0.118. The van der Waals surface area contributed by atoms with Crippen LogP contribution >= 0.6 is 0 Å². The first-order valence-electron chi connectivity index (χ1n) is 12.9. The van der Waals surface area contributed by atoms with E-state index in [1.54, 1.807) is 0 Å². The van der Waals surface area contributed by atoms with Crippen LogP contribution in [0.1, 0.15) is 67.3 Å². The molecule has 5 rings (SSSR count). The fourth-order valence-electron chi connectivity index (χ4n) is 6.06. The van der Waals surface area contributed by atoms with Gasteiger partial charge in [-0.3, -0.25) is 0 Å². The van der Waals surface area contributed by atoms with Crippen LogP contribution in [0, 0.1) is 0 Å². The largest absolute Gasteiger partial charge is 0.417 e. The molecule has 3 aliphatic rings. The molecular weight excluding hydrogens is 519 g/mol. The number of alkyl halides is 3. The Morgan fingerprint density at radius 1 is 0.868 bits per heavy atom. The van der Waals surface area contributed by atoms with Crippen molar-refractivity contribution in [3.8, 4) is 11.1 Å². The summed E-state index contributed by atoms with van der Waals surface area (Å²) in [6.45, 7) is 2.07. The van der Waals surface area contributed by atoms with Crippen LogP contribution in [-0.2, 0) is 16.2 Å². The van der Waals surface area contributed by atoms with Gasteiger partial charge in [0.15, 0.2) is 0 Å². The second-order valence-electron chi connectivity index (χ2n) is 10.4. The van der Waals surface area contributed by atoms with Gasteiger partial charge in [0, 0.05) is 17.6 Å². The molecule has 0 unspecified atom stereocenters. The Hall–Kier alpha value is -2.10. The van der Waals surface area contributed by atoms with Gasteiger partial charge >= 0.3 is 6.18 Å². The molecule has 8 N–H and O–H groups in total. The third-order valence-corrected chi connectivity index (χ3v) is 9.06. The lowest BCUT2D eigenvalue weighted by atomic mass is 9.85. The first kappa shape index (κ1) is 27.5. The van der Waals surface area contributed by atoms with Crippen LogP contribution in [0.3, 0.4) is 0 Å². The smallest absolute Gasteiger partial charge is 0.328 e. The molecule has 0 amide bonds. The Kier molecular flexibility index (Phi) is 7.82. The summed E-state index contributed by atoms with van der Waals surface area (Å²) < 4.78 is 66.3. The molecule has 1 aliphatic carbocycles. The van der Waals surface area contributed by atoms with Gasteiger partial charge in [0.1, 0.15) is 11.1 Å². The first-order chi connectivity index (χ1) is 18.0. The van der Waals surface area contributed by atoms with Crippen LogP contribution in [0.4, 0.5) is 13.2 Å². The van der Waals surface area contributed by atoms with Crippen LogP contribution < -0.4 is 32.8 Å². The number of piperidine rings is 1. The lowest BCUT2D eigenvalue weighted by Gasteiger charge is -2.40. The average Bonchev–Trinajstić information content (AvgIpc) is 3.42. The molecular formula is C25H34F3N7O2S. The van der Waals surface area contributed by atoms with Gasteiger partial charge in [0.25, 0.3) is 0 Å². The number of nitrogens with one attached hydrogen (secondary N) is 4. The summed E-state index contributed by atoms with van der Waals surface area (Å²) in [7, 11) is -4.73. The van der Waals surface area contributed by atoms with Gasteiger partial charge in [0.2, 0.25) is 10.0 Å². The molecule has 0 atom stereocenters. The Morgan fingerprint density at radius 2 is 1.47 bits per heavy atom. The molecule has 208 valence electrons. The predicted molar refractivity (Wildman–Crippen MR) is 137 cm³/mol. The maximum Gasteiger partial charge on any atom is 0.417 e. The van der Waals surface area contributed by atoms with Crippen LogP contribution in [0.25, 0.3) is 11.1 Å². The number of rotatable bonds is 5. The minimum atomic E-state index is -4.91. The van der Waals surface area contributed by atoms with Gasteiger partial charge in [-0.15, -0.1) is 0 Å². The number of primary sulfonamides is 1. The van der Waals surface area contributed by atoms with Crippen LogP contribution in [-0.4, -0.2) is 38.5 Å². The number of likely N-dealkylation sites (tertiary alicyclic amines) is 1. The van der Waals surface area contributed by atoms with Gasteiger partial charge in [-0.25, -0.2) is 24.4 Å². The topological polar surface area (TPSA) is 138 Å². The van der Waals surface area contributed by atoms with Crippen LogP contribution in [0.15, 0.2) is 41.3 Å². The van der Waals surface area contributed by atoms with Gasteiger partial charge in [-0.2, -0.15) is 24.2 Å².